The fourth-order valence-corrected chi connectivity index (χ4v) is 4.25. The number of urea groups is 1. The van der Waals surface area contributed by atoms with Crippen molar-refractivity contribution in [3.05, 3.63) is 69.8 Å². The van der Waals surface area contributed by atoms with Crippen LogP contribution in [0.4, 0.5) is 13.6 Å². The maximum absolute atomic E-state index is 14.3. The summed E-state index contributed by atoms with van der Waals surface area (Å²) in [6.07, 6.45) is 0.597. The molecule has 1 aliphatic rings. The van der Waals surface area contributed by atoms with Crippen LogP contribution >= 0.6 is 0 Å². The lowest BCUT2D eigenvalue weighted by molar-refractivity contribution is -0.134. The van der Waals surface area contributed by atoms with Crippen LogP contribution in [-0.2, 0) is 27.0 Å². The first-order valence-corrected chi connectivity index (χ1v) is 11.2. The van der Waals surface area contributed by atoms with Crippen LogP contribution in [0.1, 0.15) is 55.5 Å². The van der Waals surface area contributed by atoms with Crippen LogP contribution in [0.25, 0.3) is 0 Å². The Morgan fingerprint density at radius 3 is 2.29 bits per heavy atom. The van der Waals surface area contributed by atoms with Gasteiger partial charge in [-0.1, -0.05) is 32.9 Å². The zero-order chi connectivity index (χ0) is 25.4. The summed E-state index contributed by atoms with van der Waals surface area (Å²) < 4.78 is 27.9. The van der Waals surface area contributed by atoms with Crippen molar-refractivity contribution >= 4 is 17.8 Å². The zero-order valence-electron chi connectivity index (χ0n) is 20.4. The van der Waals surface area contributed by atoms with Gasteiger partial charge in [0.1, 0.15) is 23.7 Å². The molecule has 1 aliphatic heterocycles. The Morgan fingerprint density at radius 1 is 1.09 bits per heavy atom. The van der Waals surface area contributed by atoms with Gasteiger partial charge in [0.25, 0.3) is 5.91 Å². The molecule has 34 heavy (non-hydrogen) atoms. The summed E-state index contributed by atoms with van der Waals surface area (Å²) in [7, 11) is 0. The van der Waals surface area contributed by atoms with Crippen LogP contribution in [0.2, 0.25) is 0 Å². The molecule has 2 aromatic rings. The van der Waals surface area contributed by atoms with Gasteiger partial charge in [-0.25, -0.2) is 13.6 Å². The first-order chi connectivity index (χ1) is 15.7. The fraction of sp³-hybridized carbons (Fsp3) is 0.423. The standard InChI is InChI=1S/C26H31F2N3O3/c1-15-11-17(25(3,4)5)12-16(2)19(15)9-10-29-22(32)14-31-23(33)26(6,30-24(31)34)20-13-18(27)7-8-21(20)28/h7-8,11-13H,9-10,14H2,1-6H3,(H,29,32)(H,30,34). The molecule has 2 aromatic carbocycles. The Morgan fingerprint density at radius 2 is 1.71 bits per heavy atom. The van der Waals surface area contributed by atoms with E-state index in [1.807, 2.05) is 13.8 Å². The summed E-state index contributed by atoms with van der Waals surface area (Å²) in [6, 6.07) is 6.16. The fourth-order valence-electron chi connectivity index (χ4n) is 4.25. The number of hydrogen-bond donors (Lipinski definition) is 2. The SMILES string of the molecule is Cc1cc(C(C)(C)C)cc(C)c1CCNC(=O)CN1C(=O)NC(C)(c2cc(F)ccc2F)C1=O. The molecule has 4 amide bonds. The topological polar surface area (TPSA) is 78.5 Å². The molecule has 1 heterocycles. The second-order valence-corrected chi connectivity index (χ2v) is 10.0. The van der Waals surface area contributed by atoms with Gasteiger partial charge in [0.2, 0.25) is 5.91 Å². The number of halogens is 2. The minimum Gasteiger partial charge on any atom is -0.354 e. The van der Waals surface area contributed by atoms with Gasteiger partial charge in [0.15, 0.2) is 0 Å². The van der Waals surface area contributed by atoms with E-state index in [-0.39, 0.29) is 11.0 Å². The maximum atomic E-state index is 14.3. The van der Waals surface area contributed by atoms with Gasteiger partial charge in [-0.15, -0.1) is 0 Å². The van der Waals surface area contributed by atoms with Gasteiger partial charge in [-0.3, -0.25) is 14.5 Å². The average Bonchev–Trinajstić information content (AvgIpc) is 2.94. The molecule has 0 aromatic heterocycles. The number of hydrogen-bond acceptors (Lipinski definition) is 3. The molecule has 182 valence electrons. The van der Waals surface area contributed by atoms with E-state index in [4.69, 9.17) is 0 Å². The molecular formula is C26H31F2N3O3. The number of carbonyl (C=O) groups excluding carboxylic acids is 3. The van der Waals surface area contributed by atoms with Gasteiger partial charge < -0.3 is 10.6 Å². The third-order valence-electron chi connectivity index (χ3n) is 6.30. The Bertz CT molecular complexity index is 1130. The molecule has 8 heteroatoms. The number of benzene rings is 2. The van der Waals surface area contributed by atoms with Crippen molar-refractivity contribution in [1.82, 2.24) is 15.5 Å². The van der Waals surface area contributed by atoms with E-state index in [1.165, 1.54) is 12.5 Å². The molecule has 0 saturated carbocycles. The lowest BCUT2D eigenvalue weighted by Gasteiger charge is -2.23. The van der Waals surface area contributed by atoms with E-state index in [1.54, 1.807) is 0 Å². The highest BCUT2D eigenvalue weighted by atomic mass is 19.1. The highest BCUT2D eigenvalue weighted by molar-refractivity contribution is 6.09. The van der Waals surface area contributed by atoms with Crippen molar-refractivity contribution in [3.63, 3.8) is 0 Å². The Labute approximate surface area is 198 Å². The van der Waals surface area contributed by atoms with E-state index < -0.39 is 41.6 Å². The molecule has 6 nitrogen and oxygen atoms in total. The summed E-state index contributed by atoms with van der Waals surface area (Å²) in [5.41, 5.74) is 2.60. The monoisotopic (exact) mass is 471 g/mol. The first kappa shape index (κ1) is 25.3. The van der Waals surface area contributed by atoms with Crippen LogP contribution in [0.3, 0.4) is 0 Å². The highest BCUT2D eigenvalue weighted by Crippen LogP contribution is 2.31. The van der Waals surface area contributed by atoms with Crippen LogP contribution in [0.15, 0.2) is 30.3 Å². The summed E-state index contributed by atoms with van der Waals surface area (Å²) in [6.45, 7) is 11.7. The molecule has 0 spiro atoms. The van der Waals surface area contributed by atoms with Crippen molar-refractivity contribution in [2.24, 2.45) is 0 Å². The molecular weight excluding hydrogens is 440 g/mol. The first-order valence-electron chi connectivity index (χ1n) is 11.2. The van der Waals surface area contributed by atoms with Crippen molar-refractivity contribution in [2.45, 2.75) is 58.9 Å². The van der Waals surface area contributed by atoms with Crippen molar-refractivity contribution < 1.29 is 23.2 Å². The molecule has 0 radical (unpaired) electrons. The second kappa shape index (κ2) is 9.16. The van der Waals surface area contributed by atoms with Crippen molar-refractivity contribution in [2.75, 3.05) is 13.1 Å². The molecule has 1 saturated heterocycles. The zero-order valence-corrected chi connectivity index (χ0v) is 20.4. The van der Waals surface area contributed by atoms with Gasteiger partial charge in [-0.05, 0) is 73.1 Å². The Hall–Kier alpha value is -3.29. The third-order valence-corrected chi connectivity index (χ3v) is 6.30. The van der Waals surface area contributed by atoms with Crippen LogP contribution < -0.4 is 10.6 Å². The number of nitrogens with zero attached hydrogens (tertiary/aromatic N) is 1. The van der Waals surface area contributed by atoms with Gasteiger partial charge in [-0.2, -0.15) is 0 Å². The van der Waals surface area contributed by atoms with Crippen LogP contribution in [0.5, 0.6) is 0 Å². The average molecular weight is 472 g/mol. The molecule has 1 fully saturated rings. The minimum atomic E-state index is -1.80. The lowest BCUT2D eigenvalue weighted by atomic mass is 9.83. The Balaban J connectivity index is 1.64. The lowest BCUT2D eigenvalue weighted by Crippen LogP contribution is -2.44. The number of nitrogens with one attached hydrogen (secondary N) is 2. The highest BCUT2D eigenvalue weighted by Gasteiger charge is 2.50. The molecule has 0 bridgehead atoms. The number of amides is 4. The summed E-state index contributed by atoms with van der Waals surface area (Å²) >= 11 is 0. The van der Waals surface area contributed by atoms with E-state index in [0.717, 1.165) is 34.9 Å². The smallest absolute Gasteiger partial charge is 0.325 e. The number of carbonyl (C=O) groups is 3. The summed E-state index contributed by atoms with van der Waals surface area (Å²) in [5, 5.41) is 5.12. The number of aryl methyl sites for hydroxylation is 2. The van der Waals surface area contributed by atoms with E-state index in [9.17, 15) is 23.2 Å². The molecule has 1 unspecified atom stereocenters. The second-order valence-electron chi connectivity index (χ2n) is 10.0. The van der Waals surface area contributed by atoms with E-state index >= 15 is 0 Å². The van der Waals surface area contributed by atoms with Crippen LogP contribution in [-0.4, -0.2) is 35.8 Å². The number of rotatable bonds is 6. The van der Waals surface area contributed by atoms with E-state index in [0.29, 0.717) is 17.9 Å². The quantitative estimate of drug-likeness (QED) is 0.625. The maximum Gasteiger partial charge on any atom is 0.325 e. The van der Waals surface area contributed by atoms with E-state index in [2.05, 4.69) is 43.5 Å². The molecule has 0 aliphatic carbocycles. The van der Waals surface area contributed by atoms with Crippen molar-refractivity contribution in [1.29, 1.82) is 0 Å². The molecule has 1 atom stereocenters. The molecule has 2 N–H and O–H groups in total. The third kappa shape index (κ3) is 4.95. The molecule has 3 rings (SSSR count). The number of imide groups is 1. The van der Waals surface area contributed by atoms with Gasteiger partial charge >= 0.3 is 6.03 Å². The predicted octanol–water partition coefficient (Wildman–Crippen LogP) is 4.01. The van der Waals surface area contributed by atoms with Gasteiger partial charge in [0.05, 0.1) is 0 Å². The largest absolute Gasteiger partial charge is 0.354 e. The minimum absolute atomic E-state index is 0.0358. The normalized spacial score (nSPS) is 18.3. The Kier molecular flexibility index (Phi) is 6.82. The van der Waals surface area contributed by atoms with Crippen LogP contribution in [0, 0.1) is 25.5 Å². The summed E-state index contributed by atoms with van der Waals surface area (Å²) in [5.74, 6) is -2.90. The van der Waals surface area contributed by atoms with Crippen molar-refractivity contribution in [3.8, 4) is 0 Å². The van der Waals surface area contributed by atoms with Gasteiger partial charge in [0, 0.05) is 12.1 Å². The summed E-state index contributed by atoms with van der Waals surface area (Å²) in [4.78, 5) is 38.5. The predicted molar refractivity (Wildman–Crippen MR) is 125 cm³/mol.